The zero-order valence-corrected chi connectivity index (χ0v) is 11.4. The third-order valence-electron chi connectivity index (χ3n) is 3.39. The number of nitrogens with zero attached hydrogens (tertiary/aromatic N) is 4. The molecule has 0 aliphatic carbocycles. The van der Waals surface area contributed by atoms with E-state index in [9.17, 15) is 14.4 Å². The molecule has 1 N–H and O–H groups in total. The molecule has 1 fully saturated rings. The fourth-order valence-electron chi connectivity index (χ4n) is 2.32. The van der Waals surface area contributed by atoms with Gasteiger partial charge >= 0.3 is 5.69 Å². The van der Waals surface area contributed by atoms with Crippen LogP contribution in [-0.2, 0) is 16.1 Å². The predicted molar refractivity (Wildman–Crippen MR) is 73.7 cm³/mol. The second kappa shape index (κ2) is 5.39. The Morgan fingerprint density at radius 3 is 3.00 bits per heavy atom. The lowest BCUT2D eigenvalue weighted by Gasteiger charge is -2.18. The van der Waals surface area contributed by atoms with E-state index < -0.39 is 0 Å². The van der Waals surface area contributed by atoms with Crippen LogP contribution in [0.1, 0.15) is 6.42 Å². The summed E-state index contributed by atoms with van der Waals surface area (Å²) < 4.78 is 2.50. The van der Waals surface area contributed by atoms with Crippen LogP contribution in [-0.4, -0.2) is 50.5 Å². The summed E-state index contributed by atoms with van der Waals surface area (Å²) in [5, 5.41) is 6.81. The highest BCUT2D eigenvalue weighted by Crippen LogP contribution is 2.00. The molecular formula is C13H15N5O3. The summed E-state index contributed by atoms with van der Waals surface area (Å²) in [5.41, 5.74) is 0.127. The Hall–Kier alpha value is -2.64. The van der Waals surface area contributed by atoms with Crippen molar-refractivity contribution < 1.29 is 9.59 Å². The monoisotopic (exact) mass is 289 g/mol. The highest BCUT2D eigenvalue weighted by atomic mass is 16.2. The molecule has 2 amide bonds. The van der Waals surface area contributed by atoms with Crippen molar-refractivity contribution in [2.45, 2.75) is 13.0 Å². The van der Waals surface area contributed by atoms with Gasteiger partial charge in [-0.05, 0) is 18.6 Å². The van der Waals surface area contributed by atoms with Gasteiger partial charge in [0.05, 0.1) is 6.54 Å². The quantitative estimate of drug-likeness (QED) is 0.755. The molecular weight excluding hydrogens is 274 g/mol. The number of rotatable bonds is 2. The van der Waals surface area contributed by atoms with Crippen LogP contribution in [0.3, 0.4) is 0 Å². The molecule has 1 aliphatic rings. The van der Waals surface area contributed by atoms with Crippen molar-refractivity contribution in [3.05, 3.63) is 34.9 Å². The molecule has 3 rings (SSSR count). The number of hydrogen-bond donors (Lipinski definition) is 1. The second-order valence-corrected chi connectivity index (χ2v) is 4.89. The predicted octanol–water partition coefficient (Wildman–Crippen LogP) is -1.16. The van der Waals surface area contributed by atoms with E-state index in [1.54, 1.807) is 24.4 Å². The number of fused-ring (bicyclic) bond motifs is 1. The molecule has 2 aromatic rings. The summed E-state index contributed by atoms with van der Waals surface area (Å²) in [5.74, 6) is -0.458. The molecule has 0 radical (unpaired) electrons. The van der Waals surface area contributed by atoms with Crippen LogP contribution >= 0.6 is 0 Å². The Kier molecular flexibility index (Phi) is 3.43. The van der Waals surface area contributed by atoms with Gasteiger partial charge in [-0.3, -0.25) is 14.0 Å². The van der Waals surface area contributed by atoms with Crippen molar-refractivity contribution in [1.82, 2.24) is 24.4 Å². The Bertz CT molecular complexity index is 748. The number of carbonyl (C=O) groups excluding carboxylic acids is 2. The van der Waals surface area contributed by atoms with Gasteiger partial charge in [-0.25, -0.2) is 9.48 Å². The molecule has 3 heterocycles. The summed E-state index contributed by atoms with van der Waals surface area (Å²) >= 11 is 0. The molecule has 2 aromatic heterocycles. The van der Waals surface area contributed by atoms with Crippen LogP contribution in [0.2, 0.25) is 0 Å². The molecule has 0 unspecified atom stereocenters. The fourth-order valence-corrected chi connectivity index (χ4v) is 2.32. The van der Waals surface area contributed by atoms with E-state index in [4.69, 9.17) is 0 Å². The Labute approximate surface area is 120 Å². The topological polar surface area (TPSA) is 88.7 Å². The lowest BCUT2D eigenvalue weighted by Crippen LogP contribution is -2.40. The Morgan fingerprint density at radius 1 is 1.33 bits per heavy atom. The van der Waals surface area contributed by atoms with Crippen LogP contribution in [0.5, 0.6) is 0 Å². The molecule has 0 atom stereocenters. The number of aromatic nitrogens is 3. The number of amides is 2. The third kappa shape index (κ3) is 2.64. The van der Waals surface area contributed by atoms with Gasteiger partial charge in [-0.2, -0.15) is 0 Å². The van der Waals surface area contributed by atoms with Gasteiger partial charge < -0.3 is 10.2 Å². The van der Waals surface area contributed by atoms with E-state index in [1.165, 1.54) is 9.30 Å². The van der Waals surface area contributed by atoms with E-state index in [0.717, 1.165) is 4.68 Å². The van der Waals surface area contributed by atoms with Crippen LogP contribution < -0.4 is 11.0 Å². The molecule has 0 spiro atoms. The van der Waals surface area contributed by atoms with Crippen molar-refractivity contribution in [1.29, 1.82) is 0 Å². The number of nitrogens with one attached hydrogen (secondary N) is 1. The Morgan fingerprint density at radius 2 is 2.19 bits per heavy atom. The maximum Gasteiger partial charge on any atom is 0.350 e. The Balaban J connectivity index is 1.81. The van der Waals surface area contributed by atoms with Crippen molar-refractivity contribution >= 4 is 17.5 Å². The fraction of sp³-hybridized carbons (Fsp3) is 0.385. The molecule has 1 aliphatic heterocycles. The summed E-state index contributed by atoms with van der Waals surface area (Å²) in [6, 6.07) is 5.19. The van der Waals surface area contributed by atoms with Gasteiger partial charge in [0.2, 0.25) is 11.8 Å². The second-order valence-electron chi connectivity index (χ2n) is 4.89. The first kappa shape index (κ1) is 13.3. The molecule has 0 saturated carbocycles. The number of pyridine rings is 1. The van der Waals surface area contributed by atoms with Crippen molar-refractivity contribution in [2.75, 3.05) is 19.6 Å². The zero-order valence-electron chi connectivity index (χ0n) is 11.4. The van der Waals surface area contributed by atoms with Gasteiger partial charge in [-0.1, -0.05) is 6.07 Å². The average molecular weight is 289 g/mol. The van der Waals surface area contributed by atoms with Crippen LogP contribution in [0.15, 0.2) is 29.2 Å². The molecule has 0 aromatic carbocycles. The largest absolute Gasteiger partial charge is 0.354 e. The standard InChI is InChI=1S/C13H15N5O3/c19-11-8-16(6-3-5-14-11)12(20)9-18-13(21)17-7-2-1-4-10(17)15-18/h1-2,4,7H,3,5-6,8-9H2,(H,14,19). The maximum absolute atomic E-state index is 12.2. The van der Waals surface area contributed by atoms with Gasteiger partial charge in [0, 0.05) is 19.3 Å². The SMILES string of the molecule is O=C1CN(C(=O)Cn2nc3ccccn3c2=O)CCCN1. The van der Waals surface area contributed by atoms with Gasteiger partial charge in [0.25, 0.3) is 0 Å². The molecule has 1 saturated heterocycles. The van der Waals surface area contributed by atoms with E-state index in [2.05, 4.69) is 10.4 Å². The smallest absolute Gasteiger partial charge is 0.350 e. The highest BCUT2D eigenvalue weighted by Gasteiger charge is 2.21. The first-order chi connectivity index (χ1) is 10.1. The van der Waals surface area contributed by atoms with Crippen LogP contribution in [0.25, 0.3) is 5.65 Å². The molecule has 8 nitrogen and oxygen atoms in total. The summed E-state index contributed by atoms with van der Waals surface area (Å²) in [6.07, 6.45) is 2.31. The van der Waals surface area contributed by atoms with Crippen LogP contribution in [0, 0.1) is 0 Å². The lowest BCUT2D eigenvalue weighted by atomic mass is 10.4. The third-order valence-corrected chi connectivity index (χ3v) is 3.39. The van der Waals surface area contributed by atoms with Crippen LogP contribution in [0.4, 0.5) is 0 Å². The average Bonchev–Trinajstić information content (AvgIpc) is 2.65. The molecule has 110 valence electrons. The molecule has 0 bridgehead atoms. The summed E-state index contributed by atoms with van der Waals surface area (Å²) in [4.78, 5) is 37.2. The minimum atomic E-state index is -0.363. The maximum atomic E-state index is 12.2. The highest BCUT2D eigenvalue weighted by molar-refractivity contribution is 5.85. The van der Waals surface area contributed by atoms with E-state index in [-0.39, 0.29) is 30.6 Å². The van der Waals surface area contributed by atoms with E-state index >= 15 is 0 Å². The summed E-state index contributed by atoms with van der Waals surface area (Å²) in [6.45, 7) is 0.936. The lowest BCUT2D eigenvalue weighted by molar-refractivity contribution is -0.135. The van der Waals surface area contributed by atoms with E-state index in [0.29, 0.717) is 25.2 Å². The van der Waals surface area contributed by atoms with Gasteiger partial charge in [-0.15, -0.1) is 5.10 Å². The van der Waals surface area contributed by atoms with Crippen molar-refractivity contribution in [3.63, 3.8) is 0 Å². The molecule has 21 heavy (non-hydrogen) atoms. The van der Waals surface area contributed by atoms with Gasteiger partial charge in [0.1, 0.15) is 6.54 Å². The normalized spacial score (nSPS) is 15.8. The first-order valence-corrected chi connectivity index (χ1v) is 6.74. The zero-order chi connectivity index (χ0) is 14.8. The van der Waals surface area contributed by atoms with E-state index in [1.807, 2.05) is 0 Å². The molecule has 8 heteroatoms. The first-order valence-electron chi connectivity index (χ1n) is 6.74. The number of hydrogen-bond acceptors (Lipinski definition) is 4. The minimum Gasteiger partial charge on any atom is -0.354 e. The number of carbonyl (C=O) groups is 2. The summed E-state index contributed by atoms with van der Waals surface area (Å²) in [7, 11) is 0. The van der Waals surface area contributed by atoms with Crippen molar-refractivity contribution in [3.8, 4) is 0 Å². The minimum absolute atomic E-state index is 0.0287. The van der Waals surface area contributed by atoms with Gasteiger partial charge in [0.15, 0.2) is 5.65 Å². The van der Waals surface area contributed by atoms with Crippen molar-refractivity contribution in [2.24, 2.45) is 0 Å².